The lowest BCUT2D eigenvalue weighted by Crippen LogP contribution is -2.51. The monoisotopic (exact) mass is 342 g/mol. The maximum absolute atomic E-state index is 13.1. The second-order valence-corrected chi connectivity index (χ2v) is 8.33. The largest absolute Gasteiger partial charge is 0.376 e. The van der Waals surface area contributed by atoms with Crippen molar-refractivity contribution in [3.8, 4) is 0 Å². The van der Waals surface area contributed by atoms with E-state index >= 15 is 0 Å². The van der Waals surface area contributed by atoms with E-state index in [0.29, 0.717) is 26.2 Å². The predicted molar refractivity (Wildman–Crippen MR) is 85.8 cm³/mol. The number of hydrogen-bond donors (Lipinski definition) is 0. The van der Waals surface area contributed by atoms with Gasteiger partial charge in [0.05, 0.1) is 12.7 Å². The molecule has 128 valence electrons. The summed E-state index contributed by atoms with van der Waals surface area (Å²) >= 11 is 0. The zero-order chi connectivity index (χ0) is 16.6. The van der Waals surface area contributed by atoms with Gasteiger partial charge in [-0.05, 0) is 43.9 Å². The second-order valence-electron chi connectivity index (χ2n) is 6.45. The van der Waals surface area contributed by atoms with Crippen LogP contribution in [0.5, 0.6) is 0 Å². The first-order valence-corrected chi connectivity index (χ1v) is 9.41. The molecule has 23 heavy (non-hydrogen) atoms. The minimum Gasteiger partial charge on any atom is -0.376 e. The first kappa shape index (κ1) is 16.8. The van der Waals surface area contributed by atoms with E-state index in [0.717, 1.165) is 12.0 Å². The number of nitrogens with zero attached hydrogens (tertiary/aromatic N) is 2. The normalized spacial score (nSPS) is 30.7. The number of morpholine rings is 1. The molecule has 0 amide bonds. The SMILES string of the molecule is C[C@@H]1CN(S(=O)(=O)N2C[C@H](c3ccc(F)cc3)C[C@H]2C)CCO1. The fourth-order valence-corrected chi connectivity index (χ4v) is 5.35. The molecular formula is C16H23FN2O3S. The van der Waals surface area contributed by atoms with Crippen LogP contribution >= 0.6 is 0 Å². The minimum atomic E-state index is -3.48. The molecule has 0 aliphatic carbocycles. The molecule has 7 heteroatoms. The Morgan fingerprint density at radius 3 is 2.52 bits per heavy atom. The summed E-state index contributed by atoms with van der Waals surface area (Å²) in [5.41, 5.74) is 0.992. The smallest absolute Gasteiger partial charge is 0.282 e. The molecule has 3 rings (SSSR count). The number of halogens is 1. The molecule has 2 aliphatic rings. The summed E-state index contributed by atoms with van der Waals surface area (Å²) in [4.78, 5) is 0. The van der Waals surface area contributed by atoms with Gasteiger partial charge in [-0.25, -0.2) is 4.39 Å². The molecule has 2 saturated heterocycles. The Morgan fingerprint density at radius 2 is 1.87 bits per heavy atom. The van der Waals surface area contributed by atoms with Gasteiger partial charge in [0.25, 0.3) is 10.2 Å². The van der Waals surface area contributed by atoms with Gasteiger partial charge < -0.3 is 4.74 Å². The fourth-order valence-electron chi connectivity index (χ4n) is 3.44. The van der Waals surface area contributed by atoms with Crippen LogP contribution in [-0.4, -0.2) is 55.4 Å². The lowest BCUT2D eigenvalue weighted by Gasteiger charge is -2.34. The second kappa shape index (κ2) is 6.47. The maximum Gasteiger partial charge on any atom is 0.282 e. The van der Waals surface area contributed by atoms with Crippen LogP contribution in [0.1, 0.15) is 31.7 Å². The molecule has 0 aromatic heterocycles. The molecule has 0 N–H and O–H groups in total. The number of rotatable bonds is 3. The quantitative estimate of drug-likeness (QED) is 0.844. The Bertz CT molecular complexity index is 650. The topological polar surface area (TPSA) is 49.9 Å². The highest BCUT2D eigenvalue weighted by Gasteiger charge is 2.41. The van der Waals surface area contributed by atoms with E-state index in [2.05, 4.69) is 0 Å². The highest BCUT2D eigenvalue weighted by molar-refractivity contribution is 7.86. The van der Waals surface area contributed by atoms with Crippen LogP contribution in [0.2, 0.25) is 0 Å². The third kappa shape index (κ3) is 3.42. The zero-order valence-corrected chi connectivity index (χ0v) is 14.3. The molecule has 0 radical (unpaired) electrons. The van der Waals surface area contributed by atoms with Gasteiger partial charge in [-0.1, -0.05) is 12.1 Å². The van der Waals surface area contributed by atoms with Crippen LogP contribution < -0.4 is 0 Å². The van der Waals surface area contributed by atoms with Gasteiger partial charge >= 0.3 is 0 Å². The standard InChI is InChI=1S/C16H23FN2O3S/c1-12-9-15(14-3-5-16(17)6-4-14)11-19(12)23(20,21)18-7-8-22-13(2)10-18/h3-6,12-13,15H,7-11H2,1-2H3/t12-,13-,15-/m1/s1. The van der Waals surface area contributed by atoms with Crippen molar-refractivity contribution >= 4 is 10.2 Å². The first-order chi connectivity index (χ1) is 10.9. The van der Waals surface area contributed by atoms with Gasteiger partial charge in [-0.3, -0.25) is 0 Å². The highest BCUT2D eigenvalue weighted by atomic mass is 32.2. The highest BCUT2D eigenvalue weighted by Crippen LogP contribution is 2.34. The molecule has 0 saturated carbocycles. The molecule has 2 aliphatic heterocycles. The van der Waals surface area contributed by atoms with E-state index in [1.54, 1.807) is 16.4 Å². The molecular weight excluding hydrogens is 319 g/mol. The van der Waals surface area contributed by atoms with Crippen LogP contribution in [0.15, 0.2) is 24.3 Å². The van der Waals surface area contributed by atoms with Crippen molar-refractivity contribution < 1.29 is 17.5 Å². The van der Waals surface area contributed by atoms with Gasteiger partial charge in [-0.2, -0.15) is 17.0 Å². The lowest BCUT2D eigenvalue weighted by molar-refractivity contribution is 0.00818. The van der Waals surface area contributed by atoms with E-state index in [1.165, 1.54) is 16.4 Å². The maximum atomic E-state index is 13.1. The number of hydrogen-bond acceptors (Lipinski definition) is 3. The van der Waals surface area contributed by atoms with Crippen LogP contribution in [-0.2, 0) is 14.9 Å². The summed E-state index contributed by atoms with van der Waals surface area (Å²) < 4.78 is 47.4. The summed E-state index contributed by atoms with van der Waals surface area (Å²) in [6, 6.07) is 6.30. The Hall–Kier alpha value is -1.02. The molecule has 0 bridgehead atoms. The van der Waals surface area contributed by atoms with Gasteiger partial charge in [-0.15, -0.1) is 0 Å². The summed E-state index contributed by atoms with van der Waals surface area (Å²) in [5, 5.41) is 0. The van der Waals surface area contributed by atoms with E-state index in [-0.39, 0.29) is 23.9 Å². The van der Waals surface area contributed by atoms with Crippen molar-refractivity contribution in [3.63, 3.8) is 0 Å². The molecule has 0 spiro atoms. The molecule has 2 heterocycles. The van der Waals surface area contributed by atoms with E-state index in [1.807, 2.05) is 13.8 Å². The third-order valence-electron chi connectivity index (χ3n) is 4.69. The van der Waals surface area contributed by atoms with Crippen molar-refractivity contribution in [2.75, 3.05) is 26.2 Å². The lowest BCUT2D eigenvalue weighted by atomic mass is 9.97. The minimum absolute atomic E-state index is 0.0618. The van der Waals surface area contributed by atoms with Crippen molar-refractivity contribution in [1.82, 2.24) is 8.61 Å². The average Bonchev–Trinajstić information content (AvgIpc) is 2.91. The van der Waals surface area contributed by atoms with Crippen molar-refractivity contribution in [3.05, 3.63) is 35.6 Å². The average molecular weight is 342 g/mol. The Morgan fingerprint density at radius 1 is 1.17 bits per heavy atom. The molecule has 0 unspecified atom stereocenters. The van der Waals surface area contributed by atoms with Crippen LogP contribution in [0.25, 0.3) is 0 Å². The van der Waals surface area contributed by atoms with E-state index < -0.39 is 10.2 Å². The summed E-state index contributed by atoms with van der Waals surface area (Å²) in [6.07, 6.45) is 0.675. The van der Waals surface area contributed by atoms with Gasteiger partial charge in [0.15, 0.2) is 0 Å². The van der Waals surface area contributed by atoms with Crippen LogP contribution in [0.4, 0.5) is 4.39 Å². The molecule has 2 fully saturated rings. The molecule has 1 aromatic carbocycles. The molecule has 1 aromatic rings. The first-order valence-electron chi connectivity index (χ1n) is 8.02. The van der Waals surface area contributed by atoms with Crippen LogP contribution in [0, 0.1) is 5.82 Å². The Kier molecular flexibility index (Phi) is 4.73. The van der Waals surface area contributed by atoms with E-state index in [9.17, 15) is 12.8 Å². The number of benzene rings is 1. The summed E-state index contributed by atoms with van der Waals surface area (Å²) in [6.45, 7) is 5.50. The zero-order valence-electron chi connectivity index (χ0n) is 13.5. The van der Waals surface area contributed by atoms with E-state index in [4.69, 9.17) is 4.74 Å². The third-order valence-corrected chi connectivity index (χ3v) is 6.77. The van der Waals surface area contributed by atoms with Gasteiger partial charge in [0, 0.05) is 25.7 Å². The van der Waals surface area contributed by atoms with Crippen molar-refractivity contribution in [2.45, 2.75) is 38.3 Å². The Balaban J connectivity index is 1.76. The van der Waals surface area contributed by atoms with Crippen molar-refractivity contribution in [2.24, 2.45) is 0 Å². The number of ether oxygens (including phenoxy) is 1. The Labute approximate surface area is 137 Å². The predicted octanol–water partition coefficient (Wildman–Crippen LogP) is 1.97. The summed E-state index contributed by atoms with van der Waals surface area (Å²) in [5.74, 6) is -0.162. The summed E-state index contributed by atoms with van der Waals surface area (Å²) in [7, 11) is -3.48. The van der Waals surface area contributed by atoms with Crippen molar-refractivity contribution in [1.29, 1.82) is 0 Å². The fraction of sp³-hybridized carbons (Fsp3) is 0.625. The van der Waals surface area contributed by atoms with Gasteiger partial charge in [0.1, 0.15) is 5.82 Å². The molecule has 5 nitrogen and oxygen atoms in total. The molecule has 3 atom stereocenters. The van der Waals surface area contributed by atoms with Crippen LogP contribution in [0.3, 0.4) is 0 Å². The van der Waals surface area contributed by atoms with Gasteiger partial charge in [0.2, 0.25) is 0 Å².